The molecule has 0 unspecified atom stereocenters. The van der Waals surface area contributed by atoms with Crippen LogP contribution >= 0.6 is 0 Å². The van der Waals surface area contributed by atoms with E-state index in [1.54, 1.807) is 0 Å². The lowest BCUT2D eigenvalue weighted by Gasteiger charge is -2.32. The Bertz CT molecular complexity index is 267. The Hall–Kier alpha value is -1.07. The number of hydrogen-bond acceptors (Lipinski definition) is 2. The average Bonchev–Trinajstić information content (AvgIpc) is 2.15. The van der Waals surface area contributed by atoms with Crippen molar-refractivity contribution in [1.29, 1.82) is 0 Å². The van der Waals surface area contributed by atoms with Gasteiger partial charge in [-0.05, 0) is 12.8 Å². The van der Waals surface area contributed by atoms with Crippen molar-refractivity contribution >= 4 is 11.7 Å². The number of ketones is 1. The van der Waals surface area contributed by atoms with Gasteiger partial charge in [0.2, 0.25) is 5.78 Å². The zero-order valence-corrected chi connectivity index (χ0v) is 8.30. The lowest BCUT2D eigenvalue weighted by atomic mass is 9.96. The van der Waals surface area contributed by atoms with E-state index in [0.29, 0.717) is 0 Å². The first-order chi connectivity index (χ1) is 6.82. The monoisotopic (exact) mass is 223 g/mol. The molecular formula is C9H12F3NO2. The van der Waals surface area contributed by atoms with Gasteiger partial charge < -0.3 is 4.90 Å². The van der Waals surface area contributed by atoms with E-state index < -0.39 is 23.8 Å². The standard InChI is InChI=1S/C9H12F3NO2/c1-6(14)8(15)13-4-2-7(3-5-13)9(10,11)12/h7H,2-5H2,1H3. The fourth-order valence-corrected chi connectivity index (χ4v) is 1.63. The van der Waals surface area contributed by atoms with Gasteiger partial charge in [0.15, 0.2) is 0 Å². The molecule has 6 heteroatoms. The van der Waals surface area contributed by atoms with Crippen LogP contribution < -0.4 is 0 Å². The second-order valence-corrected chi connectivity index (χ2v) is 3.66. The molecular weight excluding hydrogens is 211 g/mol. The molecule has 0 aliphatic carbocycles. The van der Waals surface area contributed by atoms with Gasteiger partial charge in [-0.15, -0.1) is 0 Å². The number of alkyl halides is 3. The molecule has 0 atom stereocenters. The summed E-state index contributed by atoms with van der Waals surface area (Å²) in [6.07, 6.45) is -4.41. The van der Waals surface area contributed by atoms with Crippen LogP contribution in [0.1, 0.15) is 19.8 Å². The van der Waals surface area contributed by atoms with Crippen LogP contribution in [-0.4, -0.2) is 35.9 Å². The lowest BCUT2D eigenvalue weighted by molar-refractivity contribution is -0.186. The van der Waals surface area contributed by atoms with E-state index >= 15 is 0 Å². The topological polar surface area (TPSA) is 37.4 Å². The van der Waals surface area contributed by atoms with Crippen LogP contribution in [0.25, 0.3) is 0 Å². The molecule has 1 amide bonds. The Morgan fingerprint density at radius 2 is 1.67 bits per heavy atom. The van der Waals surface area contributed by atoms with Crippen molar-refractivity contribution in [1.82, 2.24) is 4.90 Å². The molecule has 0 radical (unpaired) electrons. The minimum atomic E-state index is -4.19. The zero-order chi connectivity index (χ0) is 11.6. The summed E-state index contributed by atoms with van der Waals surface area (Å²) >= 11 is 0. The largest absolute Gasteiger partial charge is 0.391 e. The van der Waals surface area contributed by atoms with E-state index in [4.69, 9.17) is 0 Å². The van der Waals surface area contributed by atoms with Crippen LogP contribution in [0.2, 0.25) is 0 Å². The summed E-state index contributed by atoms with van der Waals surface area (Å²) in [6, 6.07) is 0. The first-order valence-electron chi connectivity index (χ1n) is 4.69. The predicted octanol–water partition coefficient (Wildman–Crippen LogP) is 1.38. The molecule has 0 aromatic heterocycles. The summed E-state index contributed by atoms with van der Waals surface area (Å²) in [5.41, 5.74) is 0. The van der Waals surface area contributed by atoms with Crippen molar-refractivity contribution < 1.29 is 22.8 Å². The Morgan fingerprint density at radius 1 is 1.20 bits per heavy atom. The Labute approximate surface area is 85.2 Å². The second-order valence-electron chi connectivity index (χ2n) is 3.66. The molecule has 1 rings (SSSR count). The van der Waals surface area contributed by atoms with Gasteiger partial charge in [0.05, 0.1) is 5.92 Å². The third-order valence-electron chi connectivity index (χ3n) is 2.55. The Kier molecular flexibility index (Phi) is 3.36. The molecule has 86 valence electrons. The number of rotatable bonds is 1. The number of halogens is 3. The third kappa shape index (κ3) is 2.94. The molecule has 1 aliphatic heterocycles. The van der Waals surface area contributed by atoms with E-state index in [1.165, 1.54) is 4.90 Å². The number of piperidine rings is 1. The lowest BCUT2D eigenvalue weighted by Crippen LogP contribution is -2.44. The van der Waals surface area contributed by atoms with E-state index in [-0.39, 0.29) is 25.9 Å². The molecule has 15 heavy (non-hydrogen) atoms. The number of likely N-dealkylation sites (tertiary alicyclic amines) is 1. The minimum absolute atomic E-state index is 0.0165. The number of carbonyl (C=O) groups excluding carboxylic acids is 2. The molecule has 1 fully saturated rings. The summed E-state index contributed by atoms with van der Waals surface area (Å²) in [7, 11) is 0. The normalized spacial score (nSPS) is 19.1. The van der Waals surface area contributed by atoms with Gasteiger partial charge in [0.1, 0.15) is 0 Å². The Balaban J connectivity index is 2.50. The molecule has 1 aliphatic rings. The van der Waals surface area contributed by atoms with Crippen molar-refractivity contribution in [3.63, 3.8) is 0 Å². The molecule has 1 saturated heterocycles. The van der Waals surface area contributed by atoms with Gasteiger partial charge in [-0.3, -0.25) is 9.59 Å². The predicted molar refractivity (Wildman–Crippen MR) is 46.0 cm³/mol. The molecule has 0 spiro atoms. The van der Waals surface area contributed by atoms with Gasteiger partial charge >= 0.3 is 6.18 Å². The van der Waals surface area contributed by atoms with Crippen molar-refractivity contribution in [2.45, 2.75) is 25.9 Å². The highest BCUT2D eigenvalue weighted by atomic mass is 19.4. The maximum absolute atomic E-state index is 12.3. The van der Waals surface area contributed by atoms with Crippen LogP contribution in [0.4, 0.5) is 13.2 Å². The van der Waals surface area contributed by atoms with Crippen molar-refractivity contribution in [2.24, 2.45) is 5.92 Å². The zero-order valence-electron chi connectivity index (χ0n) is 8.30. The van der Waals surface area contributed by atoms with Crippen LogP contribution in [0.5, 0.6) is 0 Å². The fourth-order valence-electron chi connectivity index (χ4n) is 1.63. The molecule has 3 nitrogen and oxygen atoms in total. The van der Waals surface area contributed by atoms with Gasteiger partial charge in [-0.2, -0.15) is 13.2 Å². The summed E-state index contributed by atoms with van der Waals surface area (Å²) in [5.74, 6) is -2.65. The summed E-state index contributed by atoms with van der Waals surface area (Å²) < 4.78 is 36.8. The fraction of sp³-hybridized carbons (Fsp3) is 0.778. The Morgan fingerprint density at radius 3 is 2.00 bits per heavy atom. The van der Waals surface area contributed by atoms with Gasteiger partial charge in [-0.25, -0.2) is 0 Å². The van der Waals surface area contributed by atoms with Gasteiger partial charge in [0, 0.05) is 20.0 Å². The third-order valence-corrected chi connectivity index (χ3v) is 2.55. The van der Waals surface area contributed by atoms with Gasteiger partial charge in [-0.1, -0.05) is 0 Å². The highest BCUT2D eigenvalue weighted by Gasteiger charge is 2.41. The SMILES string of the molecule is CC(=O)C(=O)N1CCC(C(F)(F)F)CC1. The van der Waals surface area contributed by atoms with Gasteiger partial charge in [0.25, 0.3) is 5.91 Å². The highest BCUT2D eigenvalue weighted by molar-refractivity contribution is 6.35. The maximum Gasteiger partial charge on any atom is 0.391 e. The first kappa shape index (κ1) is 12.0. The minimum Gasteiger partial charge on any atom is -0.336 e. The van der Waals surface area contributed by atoms with E-state index in [9.17, 15) is 22.8 Å². The van der Waals surface area contributed by atoms with Crippen molar-refractivity contribution in [3.8, 4) is 0 Å². The number of Topliss-reactive ketones (excluding diaryl/α,β-unsaturated/α-hetero) is 1. The van der Waals surface area contributed by atoms with Crippen molar-refractivity contribution in [2.75, 3.05) is 13.1 Å². The van der Waals surface area contributed by atoms with Crippen molar-refractivity contribution in [3.05, 3.63) is 0 Å². The number of hydrogen-bond donors (Lipinski definition) is 0. The van der Waals surface area contributed by atoms with Crippen LogP contribution in [0, 0.1) is 5.92 Å². The van der Waals surface area contributed by atoms with Crippen LogP contribution in [0.3, 0.4) is 0 Å². The van der Waals surface area contributed by atoms with E-state index in [1.807, 2.05) is 0 Å². The maximum atomic E-state index is 12.3. The average molecular weight is 223 g/mol. The highest BCUT2D eigenvalue weighted by Crippen LogP contribution is 2.33. The molecule has 0 saturated carbocycles. The summed E-state index contributed by atoms with van der Waals surface area (Å²) in [6.45, 7) is 1.16. The number of carbonyl (C=O) groups is 2. The second kappa shape index (κ2) is 4.20. The number of amides is 1. The summed E-state index contributed by atoms with van der Waals surface area (Å²) in [5, 5.41) is 0. The molecule has 1 heterocycles. The van der Waals surface area contributed by atoms with Crippen LogP contribution in [0.15, 0.2) is 0 Å². The molecule has 0 N–H and O–H groups in total. The van der Waals surface area contributed by atoms with Crippen LogP contribution in [-0.2, 0) is 9.59 Å². The van der Waals surface area contributed by atoms with E-state index in [2.05, 4.69) is 0 Å². The first-order valence-corrected chi connectivity index (χ1v) is 4.69. The number of nitrogens with zero attached hydrogens (tertiary/aromatic N) is 1. The quantitative estimate of drug-likeness (QED) is 0.630. The molecule has 0 aromatic rings. The molecule has 0 aromatic carbocycles. The summed E-state index contributed by atoms with van der Waals surface area (Å²) in [4.78, 5) is 23.0. The van der Waals surface area contributed by atoms with E-state index in [0.717, 1.165) is 6.92 Å². The molecule has 0 bridgehead atoms. The smallest absolute Gasteiger partial charge is 0.336 e.